The van der Waals surface area contributed by atoms with Crippen molar-refractivity contribution in [1.82, 2.24) is 5.32 Å². The molecule has 2 bridgehead atoms. The molecule has 2 aliphatic carbocycles. The van der Waals surface area contributed by atoms with Crippen LogP contribution in [0.2, 0.25) is 0 Å². The molecule has 0 saturated heterocycles. The Morgan fingerprint density at radius 1 is 1.43 bits per heavy atom. The smallest absolute Gasteiger partial charge is 0.243 e. The highest BCUT2D eigenvalue weighted by molar-refractivity contribution is 5.87. The fraction of sp³-hybridized carbons (Fsp3) is 0.727. The van der Waals surface area contributed by atoms with Crippen LogP contribution in [0.3, 0.4) is 0 Å². The van der Waals surface area contributed by atoms with Gasteiger partial charge in [0.05, 0.1) is 0 Å². The molecular weight excluding hydrogens is 176 g/mol. The molecule has 0 aromatic carbocycles. The van der Waals surface area contributed by atoms with Gasteiger partial charge < -0.3 is 11.1 Å². The summed E-state index contributed by atoms with van der Waals surface area (Å²) >= 11 is 0. The van der Waals surface area contributed by atoms with Gasteiger partial charge in [0.15, 0.2) is 0 Å². The van der Waals surface area contributed by atoms with Crippen molar-refractivity contribution in [1.29, 1.82) is 0 Å². The van der Waals surface area contributed by atoms with Crippen molar-refractivity contribution in [2.24, 2.45) is 17.6 Å². The highest BCUT2D eigenvalue weighted by Gasteiger charge is 2.39. The summed E-state index contributed by atoms with van der Waals surface area (Å²) in [5.74, 6) is 1.65. The first-order valence-corrected chi connectivity index (χ1v) is 5.46. The predicted octanol–water partition coefficient (Wildman–Crippen LogP) is 0.806. The zero-order valence-corrected chi connectivity index (χ0v) is 8.41. The number of nitrogens with one attached hydrogen (secondary N) is 1. The van der Waals surface area contributed by atoms with Gasteiger partial charge >= 0.3 is 0 Å². The van der Waals surface area contributed by atoms with Gasteiger partial charge in [0, 0.05) is 18.7 Å². The molecule has 0 aromatic rings. The van der Waals surface area contributed by atoms with Crippen molar-refractivity contribution in [2.45, 2.75) is 31.7 Å². The normalized spacial score (nSPS) is 35.4. The Kier molecular flexibility index (Phi) is 2.87. The molecule has 2 rings (SSSR count). The van der Waals surface area contributed by atoms with Crippen LogP contribution in [0.4, 0.5) is 0 Å². The van der Waals surface area contributed by atoms with Crippen LogP contribution in [-0.2, 0) is 4.79 Å². The van der Waals surface area contributed by atoms with E-state index in [9.17, 15) is 4.79 Å². The van der Waals surface area contributed by atoms with Crippen molar-refractivity contribution in [3.63, 3.8) is 0 Å². The Morgan fingerprint density at radius 3 is 2.86 bits per heavy atom. The van der Waals surface area contributed by atoms with Gasteiger partial charge in [0.2, 0.25) is 5.91 Å². The van der Waals surface area contributed by atoms with E-state index >= 15 is 0 Å². The third-order valence-electron chi connectivity index (χ3n) is 3.47. The highest BCUT2D eigenvalue weighted by atomic mass is 16.1. The Labute approximate surface area is 84.7 Å². The number of amides is 1. The molecule has 0 aromatic heterocycles. The lowest BCUT2D eigenvalue weighted by atomic mass is 9.95. The fourth-order valence-corrected chi connectivity index (χ4v) is 2.83. The molecule has 3 nitrogen and oxygen atoms in total. The lowest BCUT2D eigenvalue weighted by Gasteiger charge is -2.21. The molecule has 3 heteroatoms. The average molecular weight is 194 g/mol. The lowest BCUT2D eigenvalue weighted by molar-refractivity contribution is -0.117. The minimum atomic E-state index is 0.0213. The first-order valence-electron chi connectivity index (χ1n) is 5.46. The molecule has 0 spiro atoms. The summed E-state index contributed by atoms with van der Waals surface area (Å²) < 4.78 is 0. The summed E-state index contributed by atoms with van der Waals surface area (Å²) in [5, 5.41) is 3.06. The monoisotopic (exact) mass is 194 g/mol. The van der Waals surface area contributed by atoms with Crippen LogP contribution in [0.15, 0.2) is 12.2 Å². The van der Waals surface area contributed by atoms with Gasteiger partial charge in [-0.05, 0) is 31.1 Å². The maximum atomic E-state index is 11.4. The molecule has 0 aliphatic heterocycles. The maximum absolute atomic E-state index is 11.4. The molecule has 0 radical (unpaired) electrons. The Morgan fingerprint density at radius 2 is 2.29 bits per heavy atom. The molecule has 3 unspecified atom stereocenters. The zero-order valence-electron chi connectivity index (χ0n) is 8.41. The minimum absolute atomic E-state index is 0.0213. The Bertz CT molecular complexity index is 250. The summed E-state index contributed by atoms with van der Waals surface area (Å²) in [4.78, 5) is 11.4. The second-order valence-electron chi connectivity index (χ2n) is 4.43. The predicted molar refractivity (Wildman–Crippen MR) is 55.6 cm³/mol. The quantitative estimate of drug-likeness (QED) is 0.653. The molecule has 14 heavy (non-hydrogen) atoms. The Balaban J connectivity index is 1.81. The van der Waals surface area contributed by atoms with Crippen LogP contribution < -0.4 is 11.1 Å². The summed E-state index contributed by atoms with van der Waals surface area (Å²) in [6.07, 6.45) is 8.43. The molecule has 2 aliphatic rings. The van der Waals surface area contributed by atoms with Crippen LogP contribution in [0.25, 0.3) is 0 Å². The van der Waals surface area contributed by atoms with E-state index in [1.807, 2.05) is 0 Å². The summed E-state index contributed by atoms with van der Waals surface area (Å²) in [5.41, 5.74) is 5.28. The van der Waals surface area contributed by atoms with Gasteiger partial charge in [0.25, 0.3) is 0 Å². The second kappa shape index (κ2) is 4.13. The van der Waals surface area contributed by atoms with Crippen molar-refractivity contribution in [2.75, 3.05) is 6.54 Å². The highest BCUT2D eigenvalue weighted by Crippen LogP contribution is 2.44. The molecule has 2 fully saturated rings. The van der Waals surface area contributed by atoms with Crippen molar-refractivity contribution < 1.29 is 4.79 Å². The van der Waals surface area contributed by atoms with Gasteiger partial charge in [-0.25, -0.2) is 0 Å². The molecule has 1 amide bonds. The van der Waals surface area contributed by atoms with Crippen LogP contribution in [0, 0.1) is 11.8 Å². The minimum Gasteiger partial charge on any atom is -0.350 e. The van der Waals surface area contributed by atoms with Gasteiger partial charge in [-0.1, -0.05) is 12.5 Å². The standard InChI is InChI=1S/C11H18N2O/c12-5-1-2-11(14)13-10-7-8-3-4-9(10)6-8/h1-2,8-10H,3-7,12H2,(H,13,14)/b2-1+. The third-order valence-corrected chi connectivity index (χ3v) is 3.47. The number of carbonyl (C=O) groups is 1. The molecule has 3 N–H and O–H groups in total. The van der Waals surface area contributed by atoms with E-state index in [1.54, 1.807) is 12.2 Å². The van der Waals surface area contributed by atoms with E-state index in [0.717, 1.165) is 11.8 Å². The number of carbonyl (C=O) groups excluding carboxylic acids is 1. The summed E-state index contributed by atoms with van der Waals surface area (Å²) in [6.45, 7) is 0.435. The molecule has 3 atom stereocenters. The largest absolute Gasteiger partial charge is 0.350 e. The van der Waals surface area contributed by atoms with E-state index in [0.29, 0.717) is 12.6 Å². The van der Waals surface area contributed by atoms with Crippen LogP contribution in [0.5, 0.6) is 0 Å². The van der Waals surface area contributed by atoms with E-state index in [-0.39, 0.29) is 5.91 Å². The van der Waals surface area contributed by atoms with Crippen molar-refractivity contribution >= 4 is 5.91 Å². The summed E-state index contributed by atoms with van der Waals surface area (Å²) in [7, 11) is 0. The first-order chi connectivity index (χ1) is 6.79. The topological polar surface area (TPSA) is 55.1 Å². The number of rotatable bonds is 3. The van der Waals surface area contributed by atoms with E-state index in [1.165, 1.54) is 25.7 Å². The van der Waals surface area contributed by atoms with E-state index < -0.39 is 0 Å². The maximum Gasteiger partial charge on any atom is 0.243 e. The third kappa shape index (κ3) is 1.98. The molecule has 78 valence electrons. The van der Waals surface area contributed by atoms with Gasteiger partial charge in [-0.15, -0.1) is 0 Å². The Hall–Kier alpha value is -0.830. The van der Waals surface area contributed by atoms with Crippen molar-refractivity contribution in [3.8, 4) is 0 Å². The number of hydrogen-bond donors (Lipinski definition) is 2. The van der Waals surface area contributed by atoms with Gasteiger partial charge in [0.1, 0.15) is 0 Å². The van der Waals surface area contributed by atoms with Gasteiger partial charge in [-0.3, -0.25) is 4.79 Å². The number of nitrogens with two attached hydrogens (primary N) is 1. The number of hydrogen-bond acceptors (Lipinski definition) is 2. The van der Waals surface area contributed by atoms with Crippen LogP contribution >= 0.6 is 0 Å². The molecular formula is C11H18N2O. The summed E-state index contributed by atoms with van der Waals surface area (Å²) in [6, 6.07) is 0.434. The van der Waals surface area contributed by atoms with Crippen LogP contribution in [0.1, 0.15) is 25.7 Å². The van der Waals surface area contributed by atoms with Crippen LogP contribution in [-0.4, -0.2) is 18.5 Å². The average Bonchev–Trinajstić information content (AvgIpc) is 2.76. The van der Waals surface area contributed by atoms with Gasteiger partial charge in [-0.2, -0.15) is 0 Å². The SMILES string of the molecule is NC/C=C/C(=O)NC1CC2CCC1C2. The molecule has 2 saturated carbocycles. The fourth-order valence-electron chi connectivity index (χ4n) is 2.83. The van der Waals surface area contributed by atoms with Crippen molar-refractivity contribution in [3.05, 3.63) is 12.2 Å². The first kappa shape index (κ1) is 9.71. The van der Waals surface area contributed by atoms with E-state index in [2.05, 4.69) is 5.32 Å². The molecule has 0 heterocycles. The lowest BCUT2D eigenvalue weighted by Crippen LogP contribution is -2.37. The number of fused-ring (bicyclic) bond motifs is 2. The second-order valence-corrected chi connectivity index (χ2v) is 4.43. The van der Waals surface area contributed by atoms with E-state index in [4.69, 9.17) is 5.73 Å². The zero-order chi connectivity index (χ0) is 9.97.